The first-order chi connectivity index (χ1) is 7.07. The van der Waals surface area contributed by atoms with E-state index in [-0.39, 0.29) is 16.3 Å². The first kappa shape index (κ1) is 12.6. The van der Waals surface area contributed by atoms with Crippen molar-refractivity contribution in [3.63, 3.8) is 0 Å². The van der Waals surface area contributed by atoms with Gasteiger partial charge in [-0.1, -0.05) is 42.3 Å². The Kier molecular flexibility index (Phi) is 4.71. The highest BCUT2D eigenvalue weighted by Gasteiger charge is 2.21. The minimum Gasteiger partial charge on any atom is -0.207 e. The second kappa shape index (κ2) is 5.59. The van der Waals surface area contributed by atoms with Crippen LogP contribution in [-0.4, -0.2) is 4.83 Å². The van der Waals surface area contributed by atoms with Gasteiger partial charge >= 0.3 is 0 Å². The van der Waals surface area contributed by atoms with Crippen molar-refractivity contribution < 1.29 is 8.78 Å². The Morgan fingerprint density at radius 3 is 2.27 bits per heavy atom. The lowest BCUT2D eigenvalue weighted by atomic mass is 9.94. The molecule has 2 atom stereocenters. The van der Waals surface area contributed by atoms with E-state index in [0.717, 1.165) is 12.8 Å². The van der Waals surface area contributed by atoms with Crippen LogP contribution < -0.4 is 0 Å². The van der Waals surface area contributed by atoms with Gasteiger partial charge in [-0.05, 0) is 24.5 Å². The molecule has 0 saturated heterocycles. The zero-order valence-corrected chi connectivity index (χ0v) is 10.5. The Morgan fingerprint density at radius 2 is 1.80 bits per heavy atom. The molecule has 0 aromatic heterocycles. The molecular formula is C12H15BrF2. The maximum absolute atomic E-state index is 13.4. The van der Waals surface area contributed by atoms with Gasteiger partial charge in [-0.15, -0.1) is 0 Å². The van der Waals surface area contributed by atoms with Crippen LogP contribution in [0.5, 0.6) is 0 Å². The predicted molar refractivity (Wildman–Crippen MR) is 62.4 cm³/mol. The van der Waals surface area contributed by atoms with Crippen molar-refractivity contribution in [2.24, 2.45) is 0 Å². The van der Waals surface area contributed by atoms with Crippen molar-refractivity contribution in [2.45, 2.75) is 37.4 Å². The summed E-state index contributed by atoms with van der Waals surface area (Å²) in [5, 5.41) is 0. The summed E-state index contributed by atoms with van der Waals surface area (Å²) in [4.78, 5) is 0.119. The minimum atomic E-state index is -0.456. The van der Waals surface area contributed by atoms with Crippen LogP contribution in [0.15, 0.2) is 18.2 Å². The summed E-state index contributed by atoms with van der Waals surface area (Å²) >= 11 is 3.48. The molecule has 0 aliphatic rings. The van der Waals surface area contributed by atoms with E-state index in [0.29, 0.717) is 0 Å². The summed E-state index contributed by atoms with van der Waals surface area (Å²) < 4.78 is 26.9. The smallest absolute Gasteiger partial charge is 0.129 e. The van der Waals surface area contributed by atoms with E-state index in [1.54, 1.807) is 0 Å². The molecule has 3 heteroatoms. The molecule has 1 aromatic rings. The van der Waals surface area contributed by atoms with Crippen LogP contribution in [0.25, 0.3) is 0 Å². The average molecular weight is 277 g/mol. The molecular weight excluding hydrogens is 262 g/mol. The van der Waals surface area contributed by atoms with Gasteiger partial charge < -0.3 is 0 Å². The number of benzene rings is 1. The molecule has 84 valence electrons. The Labute approximate surface area is 97.8 Å². The van der Waals surface area contributed by atoms with Crippen LogP contribution in [-0.2, 0) is 0 Å². The van der Waals surface area contributed by atoms with Gasteiger partial charge in [0.05, 0.1) is 0 Å². The predicted octanol–water partition coefficient (Wildman–Crippen LogP) is 4.63. The van der Waals surface area contributed by atoms with Crippen molar-refractivity contribution in [1.82, 2.24) is 0 Å². The molecule has 0 aliphatic carbocycles. The Balaban J connectivity index is 2.94. The highest BCUT2D eigenvalue weighted by molar-refractivity contribution is 9.09. The van der Waals surface area contributed by atoms with E-state index >= 15 is 0 Å². The van der Waals surface area contributed by atoms with Crippen LogP contribution in [0.1, 0.15) is 38.2 Å². The minimum absolute atomic E-state index is 0.119. The van der Waals surface area contributed by atoms with Crippen molar-refractivity contribution in [1.29, 1.82) is 0 Å². The van der Waals surface area contributed by atoms with Gasteiger partial charge in [-0.3, -0.25) is 0 Å². The van der Waals surface area contributed by atoms with Gasteiger partial charge in [0.2, 0.25) is 0 Å². The van der Waals surface area contributed by atoms with Crippen molar-refractivity contribution in [3.05, 3.63) is 35.4 Å². The third-order valence-corrected chi connectivity index (χ3v) is 3.81. The van der Waals surface area contributed by atoms with Crippen molar-refractivity contribution >= 4 is 15.9 Å². The molecule has 1 rings (SSSR count). The quantitative estimate of drug-likeness (QED) is 0.704. The summed E-state index contributed by atoms with van der Waals surface area (Å²) in [6.45, 7) is 3.90. The van der Waals surface area contributed by atoms with Crippen molar-refractivity contribution in [2.75, 3.05) is 0 Å². The second-order valence-electron chi connectivity index (χ2n) is 3.73. The normalized spacial score (nSPS) is 15.0. The lowest BCUT2D eigenvalue weighted by Gasteiger charge is -2.19. The van der Waals surface area contributed by atoms with E-state index in [4.69, 9.17) is 0 Å². The van der Waals surface area contributed by atoms with E-state index in [9.17, 15) is 8.78 Å². The Hall–Kier alpha value is -0.440. The molecule has 0 N–H and O–H groups in total. The van der Waals surface area contributed by atoms with E-state index in [1.807, 2.05) is 6.92 Å². The summed E-state index contributed by atoms with van der Waals surface area (Å²) in [5.74, 6) is -1.06. The topological polar surface area (TPSA) is 0 Å². The van der Waals surface area contributed by atoms with Gasteiger partial charge in [0.1, 0.15) is 11.6 Å². The van der Waals surface area contributed by atoms with Crippen LogP contribution in [0, 0.1) is 11.6 Å². The number of halogens is 3. The van der Waals surface area contributed by atoms with E-state index in [2.05, 4.69) is 22.9 Å². The number of hydrogen-bond acceptors (Lipinski definition) is 0. The molecule has 0 bridgehead atoms. The molecule has 0 saturated carbocycles. The number of alkyl halides is 1. The van der Waals surface area contributed by atoms with Crippen LogP contribution in [0.4, 0.5) is 8.78 Å². The Bertz CT molecular complexity index is 305. The molecule has 0 heterocycles. The zero-order valence-electron chi connectivity index (χ0n) is 8.93. The summed E-state index contributed by atoms with van der Waals surface area (Å²) in [7, 11) is 0. The maximum Gasteiger partial charge on any atom is 0.129 e. The maximum atomic E-state index is 13.4. The first-order valence-electron chi connectivity index (χ1n) is 5.15. The summed E-state index contributed by atoms with van der Waals surface area (Å²) in [5.41, 5.74) is 0.188. The first-order valence-corrected chi connectivity index (χ1v) is 6.07. The average Bonchev–Trinajstić information content (AvgIpc) is 2.17. The van der Waals surface area contributed by atoms with E-state index in [1.165, 1.54) is 18.2 Å². The SMILES string of the molecule is CCCC(Br)C(C)c1c(F)cccc1F. The zero-order chi connectivity index (χ0) is 11.4. The van der Waals surface area contributed by atoms with Crippen LogP contribution in [0.2, 0.25) is 0 Å². The van der Waals surface area contributed by atoms with Crippen LogP contribution >= 0.6 is 15.9 Å². The monoisotopic (exact) mass is 276 g/mol. The molecule has 0 spiro atoms. The summed E-state index contributed by atoms with van der Waals surface area (Å²) in [6, 6.07) is 4.01. The van der Waals surface area contributed by atoms with Gasteiger partial charge in [-0.2, -0.15) is 0 Å². The second-order valence-corrected chi connectivity index (χ2v) is 4.90. The highest BCUT2D eigenvalue weighted by Crippen LogP contribution is 2.31. The lowest BCUT2D eigenvalue weighted by molar-refractivity contribution is 0.519. The molecule has 0 fully saturated rings. The molecule has 1 aromatic carbocycles. The molecule has 0 aliphatic heterocycles. The molecule has 0 nitrogen and oxygen atoms in total. The van der Waals surface area contributed by atoms with Gasteiger partial charge in [-0.25, -0.2) is 8.78 Å². The largest absolute Gasteiger partial charge is 0.207 e. The molecule has 0 amide bonds. The molecule has 15 heavy (non-hydrogen) atoms. The fraction of sp³-hybridized carbons (Fsp3) is 0.500. The van der Waals surface area contributed by atoms with E-state index < -0.39 is 11.6 Å². The number of rotatable bonds is 4. The number of hydrogen-bond donors (Lipinski definition) is 0. The summed E-state index contributed by atoms with van der Waals surface area (Å²) in [6.07, 6.45) is 1.91. The Morgan fingerprint density at radius 1 is 1.27 bits per heavy atom. The lowest BCUT2D eigenvalue weighted by Crippen LogP contribution is -2.12. The fourth-order valence-corrected chi connectivity index (χ4v) is 2.37. The third kappa shape index (κ3) is 3.00. The highest BCUT2D eigenvalue weighted by atomic mass is 79.9. The van der Waals surface area contributed by atoms with Crippen molar-refractivity contribution in [3.8, 4) is 0 Å². The molecule has 2 unspecified atom stereocenters. The third-order valence-electron chi connectivity index (χ3n) is 2.56. The van der Waals surface area contributed by atoms with Crippen LogP contribution in [0.3, 0.4) is 0 Å². The van der Waals surface area contributed by atoms with Gasteiger partial charge in [0, 0.05) is 10.4 Å². The van der Waals surface area contributed by atoms with Gasteiger partial charge in [0.15, 0.2) is 0 Å². The standard InChI is InChI=1S/C12H15BrF2/c1-3-5-9(13)8(2)12-10(14)6-4-7-11(12)15/h4,6-9H,3,5H2,1-2H3. The van der Waals surface area contributed by atoms with Gasteiger partial charge in [0.25, 0.3) is 0 Å². The molecule has 0 radical (unpaired) electrons. The fourth-order valence-electron chi connectivity index (χ4n) is 1.65.